The third-order valence-corrected chi connectivity index (χ3v) is 2.95. The van der Waals surface area contributed by atoms with Gasteiger partial charge in [-0.2, -0.15) is 0 Å². The number of phenolic OH excluding ortho intramolecular Hbond substituents is 1. The van der Waals surface area contributed by atoms with Gasteiger partial charge in [0.25, 0.3) is 0 Å². The highest BCUT2D eigenvalue weighted by atomic mass is 16.5. The van der Waals surface area contributed by atoms with E-state index in [1.807, 2.05) is 0 Å². The van der Waals surface area contributed by atoms with Crippen molar-refractivity contribution >= 4 is 17.5 Å². The van der Waals surface area contributed by atoms with Crippen molar-refractivity contribution < 1.29 is 19.4 Å². The van der Waals surface area contributed by atoms with Crippen molar-refractivity contribution in [3.05, 3.63) is 23.8 Å². The van der Waals surface area contributed by atoms with Gasteiger partial charge in [-0.1, -0.05) is 0 Å². The maximum Gasteiger partial charge on any atom is 0.313 e. The molecule has 0 atom stereocenters. The van der Waals surface area contributed by atoms with Crippen LogP contribution in [0.15, 0.2) is 18.2 Å². The fraction of sp³-hybridized carbons (Fsp3) is 0.385. The molecule has 0 bridgehead atoms. The predicted octanol–water partition coefficient (Wildman–Crippen LogP) is 0.498. The van der Waals surface area contributed by atoms with Gasteiger partial charge < -0.3 is 20.1 Å². The van der Waals surface area contributed by atoms with Crippen LogP contribution in [0.5, 0.6) is 5.75 Å². The predicted molar refractivity (Wildman–Crippen MR) is 68.9 cm³/mol. The minimum absolute atomic E-state index is 0.120. The van der Waals surface area contributed by atoms with Crippen LogP contribution in [0.1, 0.15) is 5.56 Å². The van der Waals surface area contributed by atoms with Crippen molar-refractivity contribution in [3.8, 4) is 5.75 Å². The van der Waals surface area contributed by atoms with Gasteiger partial charge in [0.2, 0.25) is 0 Å². The molecule has 2 amide bonds. The van der Waals surface area contributed by atoms with Crippen LogP contribution >= 0.6 is 0 Å². The molecule has 6 nitrogen and oxygen atoms in total. The van der Waals surface area contributed by atoms with Crippen molar-refractivity contribution in [2.45, 2.75) is 6.92 Å². The van der Waals surface area contributed by atoms with E-state index in [9.17, 15) is 14.7 Å². The average molecular weight is 264 g/mol. The Morgan fingerprint density at radius 1 is 1.32 bits per heavy atom. The van der Waals surface area contributed by atoms with Crippen LogP contribution in [0.3, 0.4) is 0 Å². The molecule has 1 aliphatic heterocycles. The molecule has 1 saturated heterocycles. The van der Waals surface area contributed by atoms with Gasteiger partial charge in [0.1, 0.15) is 5.75 Å². The van der Waals surface area contributed by atoms with Crippen molar-refractivity contribution in [2.75, 3.05) is 31.6 Å². The molecule has 1 aromatic rings. The number of nitrogens with zero attached hydrogens (tertiary/aromatic N) is 1. The van der Waals surface area contributed by atoms with Crippen LogP contribution in [0.2, 0.25) is 0 Å². The van der Waals surface area contributed by atoms with E-state index in [1.54, 1.807) is 13.0 Å². The second-order valence-electron chi connectivity index (χ2n) is 4.36. The summed E-state index contributed by atoms with van der Waals surface area (Å²) in [6.07, 6.45) is 0. The Bertz CT molecular complexity index is 495. The maximum atomic E-state index is 11.9. The SMILES string of the molecule is Cc1cc(O)ccc1NC(=O)C(=O)N1CCOCC1. The van der Waals surface area contributed by atoms with Crippen LogP contribution in [-0.2, 0) is 14.3 Å². The van der Waals surface area contributed by atoms with E-state index in [2.05, 4.69) is 5.32 Å². The first-order valence-electron chi connectivity index (χ1n) is 6.05. The van der Waals surface area contributed by atoms with Gasteiger partial charge in [-0.25, -0.2) is 0 Å². The number of carbonyl (C=O) groups excluding carboxylic acids is 2. The first-order valence-corrected chi connectivity index (χ1v) is 6.05. The molecule has 1 aliphatic rings. The molecule has 6 heteroatoms. The minimum Gasteiger partial charge on any atom is -0.508 e. The number of benzene rings is 1. The van der Waals surface area contributed by atoms with E-state index in [0.717, 1.165) is 0 Å². The van der Waals surface area contributed by atoms with Gasteiger partial charge in [0.05, 0.1) is 13.2 Å². The number of ether oxygens (including phenoxy) is 1. The number of aromatic hydroxyl groups is 1. The molecule has 0 unspecified atom stereocenters. The Labute approximate surface area is 111 Å². The smallest absolute Gasteiger partial charge is 0.313 e. The number of morpholine rings is 1. The molecule has 0 spiro atoms. The number of anilines is 1. The van der Waals surface area contributed by atoms with Crippen LogP contribution in [0.25, 0.3) is 0 Å². The van der Waals surface area contributed by atoms with E-state index in [4.69, 9.17) is 4.74 Å². The highest BCUT2D eigenvalue weighted by Crippen LogP contribution is 2.20. The monoisotopic (exact) mass is 264 g/mol. The lowest BCUT2D eigenvalue weighted by atomic mass is 10.2. The summed E-state index contributed by atoms with van der Waals surface area (Å²) < 4.78 is 5.13. The number of phenols is 1. The lowest BCUT2D eigenvalue weighted by molar-refractivity contribution is -0.145. The number of aryl methyl sites for hydroxylation is 1. The highest BCUT2D eigenvalue weighted by Gasteiger charge is 2.23. The molecule has 102 valence electrons. The van der Waals surface area contributed by atoms with Crippen LogP contribution in [-0.4, -0.2) is 48.1 Å². The standard InChI is InChI=1S/C13H16N2O4/c1-9-8-10(16)2-3-11(9)14-12(17)13(18)15-4-6-19-7-5-15/h2-3,8,16H,4-7H2,1H3,(H,14,17). The Morgan fingerprint density at radius 2 is 2.00 bits per heavy atom. The van der Waals surface area contributed by atoms with Gasteiger partial charge >= 0.3 is 11.8 Å². The number of carbonyl (C=O) groups is 2. The van der Waals surface area contributed by atoms with Crippen molar-refractivity contribution in [2.24, 2.45) is 0 Å². The summed E-state index contributed by atoms with van der Waals surface area (Å²) in [6.45, 7) is 3.52. The largest absolute Gasteiger partial charge is 0.508 e. The zero-order valence-corrected chi connectivity index (χ0v) is 10.7. The van der Waals surface area contributed by atoms with E-state index >= 15 is 0 Å². The van der Waals surface area contributed by atoms with Crippen molar-refractivity contribution in [1.82, 2.24) is 4.90 Å². The van der Waals surface area contributed by atoms with Crippen molar-refractivity contribution in [3.63, 3.8) is 0 Å². The average Bonchev–Trinajstić information content (AvgIpc) is 2.42. The summed E-state index contributed by atoms with van der Waals surface area (Å²) >= 11 is 0. The first-order chi connectivity index (χ1) is 9.08. The third-order valence-electron chi connectivity index (χ3n) is 2.95. The van der Waals surface area contributed by atoms with E-state index < -0.39 is 11.8 Å². The summed E-state index contributed by atoms with van der Waals surface area (Å²) in [4.78, 5) is 25.2. The third kappa shape index (κ3) is 3.23. The Hall–Kier alpha value is -2.08. The van der Waals surface area contributed by atoms with Crippen LogP contribution in [0.4, 0.5) is 5.69 Å². The molecule has 0 saturated carbocycles. The molecule has 1 aromatic carbocycles. The van der Waals surface area contributed by atoms with Crippen LogP contribution in [0, 0.1) is 6.92 Å². The van der Waals surface area contributed by atoms with Crippen molar-refractivity contribution in [1.29, 1.82) is 0 Å². The lowest BCUT2D eigenvalue weighted by Crippen LogP contribution is -2.45. The molecular weight excluding hydrogens is 248 g/mol. The van der Waals surface area contributed by atoms with Gasteiger partial charge in [-0.3, -0.25) is 9.59 Å². The number of nitrogens with one attached hydrogen (secondary N) is 1. The summed E-state index contributed by atoms with van der Waals surface area (Å²) in [5, 5.41) is 11.8. The van der Waals surface area contributed by atoms with Gasteiger partial charge in [0.15, 0.2) is 0 Å². The molecule has 0 radical (unpaired) electrons. The lowest BCUT2D eigenvalue weighted by Gasteiger charge is -2.26. The van der Waals surface area contributed by atoms with Gasteiger partial charge in [0, 0.05) is 18.8 Å². The van der Waals surface area contributed by atoms with Gasteiger partial charge in [-0.15, -0.1) is 0 Å². The second kappa shape index (κ2) is 5.71. The molecule has 0 aliphatic carbocycles. The number of hydrogen-bond acceptors (Lipinski definition) is 4. The molecule has 2 N–H and O–H groups in total. The maximum absolute atomic E-state index is 11.9. The van der Waals surface area contributed by atoms with E-state index in [-0.39, 0.29) is 5.75 Å². The molecular formula is C13H16N2O4. The molecule has 1 fully saturated rings. The Morgan fingerprint density at radius 3 is 2.63 bits per heavy atom. The quantitative estimate of drug-likeness (QED) is 0.572. The normalized spacial score (nSPS) is 15.1. The number of amides is 2. The van der Waals surface area contributed by atoms with Gasteiger partial charge in [-0.05, 0) is 30.7 Å². The summed E-state index contributed by atoms with van der Waals surface area (Å²) in [5.74, 6) is -1.11. The van der Waals surface area contributed by atoms with E-state index in [0.29, 0.717) is 37.6 Å². The fourth-order valence-corrected chi connectivity index (χ4v) is 1.87. The minimum atomic E-state index is -0.671. The summed E-state index contributed by atoms with van der Waals surface area (Å²) in [5.41, 5.74) is 1.22. The number of hydrogen-bond donors (Lipinski definition) is 2. The Balaban J connectivity index is 2.01. The second-order valence-corrected chi connectivity index (χ2v) is 4.36. The summed E-state index contributed by atoms with van der Waals surface area (Å²) in [7, 11) is 0. The Kier molecular flexibility index (Phi) is 4.01. The van der Waals surface area contributed by atoms with Crippen LogP contribution < -0.4 is 5.32 Å². The van der Waals surface area contributed by atoms with E-state index in [1.165, 1.54) is 17.0 Å². The molecule has 2 rings (SSSR count). The zero-order chi connectivity index (χ0) is 13.8. The molecule has 19 heavy (non-hydrogen) atoms. The fourth-order valence-electron chi connectivity index (χ4n) is 1.87. The topological polar surface area (TPSA) is 78.9 Å². The number of rotatable bonds is 1. The summed E-state index contributed by atoms with van der Waals surface area (Å²) in [6, 6.07) is 4.55. The highest BCUT2D eigenvalue weighted by molar-refractivity contribution is 6.39. The molecule has 1 heterocycles. The zero-order valence-electron chi connectivity index (χ0n) is 10.7. The first kappa shape index (κ1) is 13.4. The molecule has 0 aromatic heterocycles.